The van der Waals surface area contributed by atoms with E-state index in [0.29, 0.717) is 6.61 Å². The molecule has 2 aromatic carbocycles. The minimum absolute atomic E-state index is 0.244. The molecule has 126 valence electrons. The molecule has 3 nitrogen and oxygen atoms in total. The lowest BCUT2D eigenvalue weighted by Gasteiger charge is -2.10. The molecule has 0 heterocycles. The van der Waals surface area contributed by atoms with E-state index in [0.717, 1.165) is 35.3 Å². The zero-order valence-corrected chi connectivity index (χ0v) is 14.3. The van der Waals surface area contributed by atoms with Crippen molar-refractivity contribution in [3.05, 3.63) is 71.3 Å². The Morgan fingerprint density at radius 1 is 1.08 bits per heavy atom. The van der Waals surface area contributed by atoms with Crippen LogP contribution in [0.3, 0.4) is 0 Å². The van der Waals surface area contributed by atoms with Crippen molar-refractivity contribution in [1.82, 2.24) is 0 Å². The Morgan fingerprint density at radius 2 is 1.88 bits per heavy atom. The summed E-state index contributed by atoms with van der Waals surface area (Å²) in [6.07, 6.45) is 6.59. The van der Waals surface area contributed by atoms with Gasteiger partial charge in [-0.05, 0) is 35.2 Å². The van der Waals surface area contributed by atoms with Gasteiger partial charge in [-0.15, -0.1) is 0 Å². The molecule has 0 atom stereocenters. The molecule has 0 N–H and O–H groups in total. The lowest BCUT2D eigenvalue weighted by Crippen LogP contribution is -2.05. The Balaban J connectivity index is 2.16. The van der Waals surface area contributed by atoms with Gasteiger partial charge in [0.15, 0.2) is 0 Å². The van der Waals surface area contributed by atoms with Crippen LogP contribution in [0.5, 0.6) is 5.75 Å². The number of rotatable bonds is 8. The van der Waals surface area contributed by atoms with Gasteiger partial charge in [-0.25, -0.2) is 0 Å². The van der Waals surface area contributed by atoms with Gasteiger partial charge in [0.05, 0.1) is 13.5 Å². The highest BCUT2D eigenvalue weighted by atomic mass is 16.5. The van der Waals surface area contributed by atoms with Crippen molar-refractivity contribution in [2.24, 2.45) is 0 Å². The summed E-state index contributed by atoms with van der Waals surface area (Å²) in [6, 6.07) is 15.9. The lowest BCUT2D eigenvalue weighted by atomic mass is 10.1. The Bertz CT molecular complexity index is 675. The Morgan fingerprint density at radius 3 is 2.58 bits per heavy atom. The first-order valence-electron chi connectivity index (χ1n) is 8.25. The van der Waals surface area contributed by atoms with Crippen molar-refractivity contribution in [2.75, 3.05) is 7.11 Å². The number of carbonyl (C=O) groups is 1. The number of carbonyl (C=O) groups excluding carboxylic acids is 1. The van der Waals surface area contributed by atoms with Gasteiger partial charge >= 0.3 is 5.97 Å². The molecule has 0 unspecified atom stereocenters. The molecule has 0 saturated heterocycles. The van der Waals surface area contributed by atoms with E-state index in [9.17, 15) is 4.79 Å². The van der Waals surface area contributed by atoms with Crippen LogP contribution in [-0.4, -0.2) is 13.1 Å². The van der Waals surface area contributed by atoms with Crippen LogP contribution in [0.15, 0.2) is 54.6 Å². The second kappa shape index (κ2) is 9.56. The van der Waals surface area contributed by atoms with Gasteiger partial charge in [0, 0.05) is 0 Å². The first kappa shape index (κ1) is 17.8. The minimum Gasteiger partial charge on any atom is -0.489 e. The SMILES string of the molecule is CCC/C=C/c1cc(CC(=O)OC)cc(OCc2ccccc2)c1. The number of benzene rings is 2. The highest BCUT2D eigenvalue weighted by Crippen LogP contribution is 2.21. The Hall–Kier alpha value is -2.55. The molecule has 2 aromatic rings. The van der Waals surface area contributed by atoms with Crippen LogP contribution in [0.25, 0.3) is 6.08 Å². The van der Waals surface area contributed by atoms with Gasteiger partial charge in [-0.2, -0.15) is 0 Å². The quantitative estimate of drug-likeness (QED) is 0.655. The molecule has 0 aliphatic rings. The maximum Gasteiger partial charge on any atom is 0.309 e. The summed E-state index contributed by atoms with van der Waals surface area (Å²) in [5, 5.41) is 0. The van der Waals surface area contributed by atoms with Crippen LogP contribution in [-0.2, 0) is 22.6 Å². The third-order valence-corrected chi connectivity index (χ3v) is 3.58. The predicted octanol–water partition coefficient (Wildman–Crippen LogP) is 4.79. The predicted molar refractivity (Wildman–Crippen MR) is 96.9 cm³/mol. The van der Waals surface area contributed by atoms with Crippen molar-refractivity contribution in [3.63, 3.8) is 0 Å². The average Bonchev–Trinajstić information content (AvgIpc) is 2.61. The molecule has 0 aromatic heterocycles. The zero-order valence-electron chi connectivity index (χ0n) is 14.3. The summed E-state index contributed by atoms with van der Waals surface area (Å²) in [6.45, 7) is 2.65. The second-order valence-corrected chi connectivity index (χ2v) is 5.63. The number of esters is 1. The van der Waals surface area contributed by atoms with Crippen LogP contribution in [0.2, 0.25) is 0 Å². The van der Waals surface area contributed by atoms with Crippen LogP contribution < -0.4 is 4.74 Å². The molecule has 0 radical (unpaired) electrons. The normalized spacial score (nSPS) is 10.8. The van der Waals surface area contributed by atoms with Gasteiger partial charge in [0.2, 0.25) is 0 Å². The van der Waals surface area contributed by atoms with Gasteiger partial charge in [0.25, 0.3) is 0 Å². The van der Waals surface area contributed by atoms with E-state index in [2.05, 4.69) is 19.1 Å². The third-order valence-electron chi connectivity index (χ3n) is 3.58. The van der Waals surface area contributed by atoms with E-state index in [1.807, 2.05) is 48.5 Å². The van der Waals surface area contributed by atoms with Crippen molar-refractivity contribution in [3.8, 4) is 5.75 Å². The largest absolute Gasteiger partial charge is 0.489 e. The Labute approximate surface area is 143 Å². The fraction of sp³-hybridized carbons (Fsp3) is 0.286. The van der Waals surface area contributed by atoms with E-state index in [-0.39, 0.29) is 12.4 Å². The van der Waals surface area contributed by atoms with Crippen LogP contribution >= 0.6 is 0 Å². The van der Waals surface area contributed by atoms with Crippen LogP contribution in [0.1, 0.15) is 36.5 Å². The summed E-state index contributed by atoms with van der Waals surface area (Å²) in [5.41, 5.74) is 3.04. The standard InChI is InChI=1S/C21H24O3/c1-3-4-6-11-18-12-19(15-21(22)23-2)14-20(13-18)24-16-17-9-7-5-8-10-17/h5-14H,3-4,15-16H2,1-2H3/b11-6+. The molecule has 0 saturated carbocycles. The number of hydrogen-bond donors (Lipinski definition) is 0. The smallest absolute Gasteiger partial charge is 0.309 e. The van der Waals surface area contributed by atoms with Crippen molar-refractivity contribution < 1.29 is 14.3 Å². The van der Waals surface area contributed by atoms with E-state index in [4.69, 9.17) is 9.47 Å². The molecule has 0 bridgehead atoms. The van der Waals surface area contributed by atoms with Crippen LogP contribution in [0, 0.1) is 0 Å². The maximum absolute atomic E-state index is 11.6. The molecule has 0 aliphatic carbocycles. The van der Waals surface area contributed by atoms with Gasteiger partial charge in [-0.3, -0.25) is 4.79 Å². The molecule has 0 spiro atoms. The molecule has 0 aliphatic heterocycles. The number of unbranched alkanes of at least 4 members (excludes halogenated alkanes) is 1. The summed E-state index contributed by atoms with van der Waals surface area (Å²) < 4.78 is 10.7. The van der Waals surface area contributed by atoms with E-state index in [1.165, 1.54) is 7.11 Å². The second-order valence-electron chi connectivity index (χ2n) is 5.63. The summed E-state index contributed by atoms with van der Waals surface area (Å²) in [4.78, 5) is 11.6. The number of methoxy groups -OCH3 is 1. The first-order chi connectivity index (χ1) is 11.7. The van der Waals surface area contributed by atoms with E-state index in [1.54, 1.807) is 0 Å². The molecule has 24 heavy (non-hydrogen) atoms. The number of hydrogen-bond acceptors (Lipinski definition) is 3. The lowest BCUT2D eigenvalue weighted by molar-refractivity contribution is -0.139. The summed E-state index contributed by atoms with van der Waals surface area (Å²) in [7, 11) is 1.40. The fourth-order valence-corrected chi connectivity index (χ4v) is 2.33. The number of ether oxygens (including phenoxy) is 2. The highest BCUT2D eigenvalue weighted by Gasteiger charge is 2.07. The molecular weight excluding hydrogens is 300 g/mol. The van der Waals surface area contributed by atoms with Gasteiger partial charge in [0.1, 0.15) is 12.4 Å². The molecule has 0 amide bonds. The maximum atomic E-state index is 11.6. The Kier molecular flexibility index (Phi) is 7.09. The van der Waals surface area contributed by atoms with Crippen molar-refractivity contribution >= 4 is 12.0 Å². The molecule has 0 fully saturated rings. The first-order valence-corrected chi connectivity index (χ1v) is 8.25. The monoisotopic (exact) mass is 324 g/mol. The zero-order chi connectivity index (χ0) is 17.2. The summed E-state index contributed by atoms with van der Waals surface area (Å²) in [5.74, 6) is 0.509. The highest BCUT2D eigenvalue weighted by molar-refractivity contribution is 5.73. The molecule has 2 rings (SSSR count). The van der Waals surface area contributed by atoms with E-state index < -0.39 is 0 Å². The fourth-order valence-electron chi connectivity index (χ4n) is 2.33. The topological polar surface area (TPSA) is 35.5 Å². The average molecular weight is 324 g/mol. The molecular formula is C21H24O3. The van der Waals surface area contributed by atoms with Crippen LogP contribution in [0.4, 0.5) is 0 Å². The minimum atomic E-state index is -0.251. The van der Waals surface area contributed by atoms with Gasteiger partial charge < -0.3 is 9.47 Å². The van der Waals surface area contributed by atoms with E-state index >= 15 is 0 Å². The van der Waals surface area contributed by atoms with Gasteiger partial charge in [-0.1, -0.05) is 61.9 Å². The number of allylic oxidation sites excluding steroid dienone is 1. The summed E-state index contributed by atoms with van der Waals surface area (Å²) >= 11 is 0. The third kappa shape index (κ3) is 5.92. The van der Waals surface area contributed by atoms with Crippen molar-refractivity contribution in [2.45, 2.75) is 32.8 Å². The van der Waals surface area contributed by atoms with Crippen molar-refractivity contribution in [1.29, 1.82) is 0 Å². The molecule has 3 heteroatoms.